The minimum absolute atomic E-state index is 0.284. The lowest BCUT2D eigenvalue weighted by Gasteiger charge is -2.31. The molecule has 0 spiro atoms. The normalized spacial score (nSPS) is 18.2. The minimum atomic E-state index is -3.38. The second-order valence-electron chi connectivity index (χ2n) is 5.09. The van der Waals surface area contributed by atoms with Crippen LogP contribution in [0.1, 0.15) is 18.4 Å². The first-order chi connectivity index (χ1) is 9.62. The Morgan fingerprint density at radius 2 is 2.15 bits per heavy atom. The van der Waals surface area contributed by atoms with Gasteiger partial charge >= 0.3 is 0 Å². The second-order valence-corrected chi connectivity index (χ2v) is 6.84. The molecule has 0 bridgehead atoms. The molecule has 7 heteroatoms. The summed E-state index contributed by atoms with van der Waals surface area (Å²) in [5.74, 6) is 0.574. The molecule has 0 unspecified atom stereocenters. The van der Waals surface area contributed by atoms with Gasteiger partial charge in [-0.05, 0) is 44.0 Å². The Balaban J connectivity index is 1.85. The first-order valence-corrected chi connectivity index (χ1v) is 8.34. The quantitative estimate of drug-likeness (QED) is 0.794. The Morgan fingerprint density at radius 1 is 1.40 bits per heavy atom. The van der Waals surface area contributed by atoms with E-state index < -0.39 is 10.2 Å². The van der Waals surface area contributed by atoms with Crippen molar-refractivity contribution in [2.24, 2.45) is 5.92 Å². The first kappa shape index (κ1) is 15.4. The molecular weight excluding hydrogens is 276 g/mol. The van der Waals surface area contributed by atoms with Crippen LogP contribution in [-0.2, 0) is 16.8 Å². The highest BCUT2D eigenvalue weighted by molar-refractivity contribution is 7.87. The van der Waals surface area contributed by atoms with Crippen LogP contribution in [0, 0.1) is 5.92 Å². The highest BCUT2D eigenvalue weighted by Crippen LogP contribution is 2.18. The smallest absolute Gasteiger partial charge is 0.279 e. The molecule has 1 aromatic heterocycles. The van der Waals surface area contributed by atoms with Crippen LogP contribution >= 0.6 is 0 Å². The number of rotatable bonds is 6. The van der Waals surface area contributed by atoms with E-state index in [1.165, 1.54) is 4.31 Å². The lowest BCUT2D eigenvalue weighted by Crippen LogP contribution is -2.45. The van der Waals surface area contributed by atoms with Crippen LogP contribution in [0.15, 0.2) is 24.5 Å². The van der Waals surface area contributed by atoms with Crippen LogP contribution in [0.2, 0.25) is 0 Å². The van der Waals surface area contributed by atoms with Gasteiger partial charge in [-0.25, -0.2) is 0 Å². The maximum absolute atomic E-state index is 12.2. The van der Waals surface area contributed by atoms with Crippen LogP contribution in [0.5, 0.6) is 0 Å². The Hall–Kier alpha value is -1.02. The minimum Gasteiger partial charge on any atom is -0.319 e. The van der Waals surface area contributed by atoms with Crippen molar-refractivity contribution >= 4 is 10.2 Å². The molecule has 112 valence electrons. The molecule has 1 saturated heterocycles. The summed E-state index contributed by atoms with van der Waals surface area (Å²) in [5.41, 5.74) is 0.862. The van der Waals surface area contributed by atoms with Gasteiger partial charge in [0.2, 0.25) is 0 Å². The Bertz CT molecular complexity index is 498. The molecule has 1 aromatic rings. The number of hydrogen-bond acceptors (Lipinski definition) is 4. The topological polar surface area (TPSA) is 74.3 Å². The standard InChI is InChI=1S/C13H22N4O2S/c1-14-9-12-4-7-17(8-5-12)20(18,19)16-11-13-3-2-6-15-10-13/h2-3,6,10,12,14,16H,4-5,7-9,11H2,1H3. The third-order valence-electron chi connectivity index (χ3n) is 3.59. The molecule has 0 aliphatic carbocycles. The van der Waals surface area contributed by atoms with E-state index in [1.54, 1.807) is 18.5 Å². The fourth-order valence-corrected chi connectivity index (χ4v) is 3.63. The average Bonchev–Trinajstić information content (AvgIpc) is 2.47. The molecule has 6 nitrogen and oxygen atoms in total. The number of nitrogens with zero attached hydrogens (tertiary/aromatic N) is 2. The van der Waals surface area contributed by atoms with Gasteiger partial charge in [0.15, 0.2) is 0 Å². The van der Waals surface area contributed by atoms with E-state index in [2.05, 4.69) is 15.0 Å². The van der Waals surface area contributed by atoms with E-state index in [-0.39, 0.29) is 6.54 Å². The maximum Gasteiger partial charge on any atom is 0.279 e. The van der Waals surface area contributed by atoms with Crippen molar-refractivity contribution in [1.82, 2.24) is 19.3 Å². The number of nitrogens with one attached hydrogen (secondary N) is 2. The summed E-state index contributed by atoms with van der Waals surface area (Å²) >= 11 is 0. The van der Waals surface area contributed by atoms with Crippen LogP contribution in [0.4, 0.5) is 0 Å². The van der Waals surface area contributed by atoms with E-state index >= 15 is 0 Å². The lowest BCUT2D eigenvalue weighted by atomic mass is 9.98. The van der Waals surface area contributed by atoms with Gasteiger partial charge in [0.05, 0.1) is 0 Å². The monoisotopic (exact) mass is 298 g/mol. The van der Waals surface area contributed by atoms with E-state index in [0.717, 1.165) is 24.9 Å². The van der Waals surface area contributed by atoms with Gasteiger partial charge in [-0.1, -0.05) is 6.07 Å². The zero-order valence-electron chi connectivity index (χ0n) is 11.7. The lowest BCUT2D eigenvalue weighted by molar-refractivity contribution is 0.268. The number of piperidine rings is 1. The van der Waals surface area contributed by atoms with Crippen molar-refractivity contribution in [2.75, 3.05) is 26.7 Å². The zero-order valence-corrected chi connectivity index (χ0v) is 12.6. The van der Waals surface area contributed by atoms with Crippen LogP contribution < -0.4 is 10.0 Å². The third-order valence-corrected chi connectivity index (χ3v) is 5.14. The molecule has 0 amide bonds. The molecule has 1 aliphatic heterocycles. The van der Waals surface area contributed by atoms with Crippen molar-refractivity contribution in [1.29, 1.82) is 0 Å². The summed E-state index contributed by atoms with van der Waals surface area (Å²) in [6, 6.07) is 3.65. The molecule has 2 heterocycles. The molecule has 0 atom stereocenters. The average molecular weight is 298 g/mol. The molecule has 2 rings (SSSR count). The van der Waals surface area contributed by atoms with Crippen molar-refractivity contribution in [3.8, 4) is 0 Å². The molecule has 1 aliphatic rings. The number of pyridine rings is 1. The number of aromatic nitrogens is 1. The van der Waals surface area contributed by atoms with E-state index in [1.807, 2.05) is 13.1 Å². The fraction of sp³-hybridized carbons (Fsp3) is 0.615. The fourth-order valence-electron chi connectivity index (χ4n) is 2.41. The van der Waals surface area contributed by atoms with Gasteiger partial charge in [-0.3, -0.25) is 4.98 Å². The second kappa shape index (κ2) is 7.12. The largest absolute Gasteiger partial charge is 0.319 e. The van der Waals surface area contributed by atoms with Crippen LogP contribution in [0.25, 0.3) is 0 Å². The van der Waals surface area contributed by atoms with Crippen molar-refractivity contribution < 1.29 is 8.42 Å². The molecule has 1 fully saturated rings. The van der Waals surface area contributed by atoms with Crippen LogP contribution in [-0.4, -0.2) is 44.4 Å². The van der Waals surface area contributed by atoms with Crippen molar-refractivity contribution in [2.45, 2.75) is 19.4 Å². The first-order valence-electron chi connectivity index (χ1n) is 6.90. The highest BCUT2D eigenvalue weighted by Gasteiger charge is 2.27. The summed E-state index contributed by atoms with van der Waals surface area (Å²) in [6.45, 7) is 2.42. The van der Waals surface area contributed by atoms with Gasteiger partial charge in [0, 0.05) is 32.0 Å². The van der Waals surface area contributed by atoms with Gasteiger partial charge in [-0.15, -0.1) is 0 Å². The third kappa shape index (κ3) is 4.24. The summed E-state index contributed by atoms with van der Waals surface area (Å²) in [6.07, 6.45) is 5.16. The Labute approximate surface area is 120 Å². The maximum atomic E-state index is 12.2. The Morgan fingerprint density at radius 3 is 2.75 bits per heavy atom. The van der Waals surface area contributed by atoms with Gasteiger partial charge < -0.3 is 5.32 Å². The van der Waals surface area contributed by atoms with Crippen LogP contribution in [0.3, 0.4) is 0 Å². The van der Waals surface area contributed by atoms with E-state index in [0.29, 0.717) is 19.0 Å². The highest BCUT2D eigenvalue weighted by atomic mass is 32.2. The Kier molecular flexibility index (Phi) is 5.47. The molecular formula is C13H22N4O2S. The summed E-state index contributed by atoms with van der Waals surface area (Å²) < 4.78 is 28.6. The van der Waals surface area contributed by atoms with Gasteiger partial charge in [0.25, 0.3) is 10.2 Å². The summed E-state index contributed by atoms with van der Waals surface area (Å²) in [4.78, 5) is 3.97. The van der Waals surface area contributed by atoms with Crippen molar-refractivity contribution in [3.05, 3.63) is 30.1 Å². The summed E-state index contributed by atoms with van der Waals surface area (Å²) in [7, 11) is -1.46. The van der Waals surface area contributed by atoms with Gasteiger partial charge in [0.1, 0.15) is 0 Å². The molecule has 0 saturated carbocycles. The SMILES string of the molecule is CNCC1CCN(S(=O)(=O)NCc2cccnc2)CC1. The van der Waals surface area contributed by atoms with Crippen molar-refractivity contribution in [3.63, 3.8) is 0 Å². The zero-order chi connectivity index (χ0) is 14.4. The van der Waals surface area contributed by atoms with Gasteiger partial charge in [-0.2, -0.15) is 17.4 Å². The molecule has 0 radical (unpaired) electrons. The predicted molar refractivity (Wildman–Crippen MR) is 78.2 cm³/mol. The predicted octanol–water partition coefficient (Wildman–Crippen LogP) is 0.347. The molecule has 2 N–H and O–H groups in total. The summed E-state index contributed by atoms with van der Waals surface area (Å²) in [5, 5.41) is 3.15. The van der Waals surface area contributed by atoms with E-state index in [9.17, 15) is 8.42 Å². The number of hydrogen-bond donors (Lipinski definition) is 2. The molecule has 20 heavy (non-hydrogen) atoms. The molecule has 0 aromatic carbocycles. The van der Waals surface area contributed by atoms with E-state index in [4.69, 9.17) is 0 Å².